The second-order valence-electron chi connectivity index (χ2n) is 5.08. The Hall–Kier alpha value is -2.20. The van der Waals surface area contributed by atoms with Gasteiger partial charge in [0, 0.05) is 22.6 Å². The van der Waals surface area contributed by atoms with Crippen LogP contribution in [0.25, 0.3) is 10.9 Å². The van der Waals surface area contributed by atoms with Crippen molar-refractivity contribution in [3.63, 3.8) is 0 Å². The number of rotatable bonds is 4. The third-order valence-electron chi connectivity index (χ3n) is 3.45. The second kappa shape index (κ2) is 6.71. The molecule has 0 radical (unpaired) electrons. The van der Waals surface area contributed by atoms with Gasteiger partial charge in [-0.05, 0) is 29.3 Å². The summed E-state index contributed by atoms with van der Waals surface area (Å²) in [5.74, 6) is -0.00173. The summed E-state index contributed by atoms with van der Waals surface area (Å²) in [5.41, 5.74) is 2.91. The number of amides is 1. The molecule has 1 aromatic heterocycles. The first-order valence-electron chi connectivity index (χ1n) is 7.06. The molecular formula is C18H15BrN2O. The molecule has 0 bridgehead atoms. The Morgan fingerprint density at radius 3 is 2.77 bits per heavy atom. The summed E-state index contributed by atoms with van der Waals surface area (Å²) in [6.45, 7) is 0.524. The summed E-state index contributed by atoms with van der Waals surface area (Å²) in [5, 5.41) is 4.01. The fourth-order valence-corrected chi connectivity index (χ4v) is 2.84. The molecule has 110 valence electrons. The van der Waals surface area contributed by atoms with Crippen molar-refractivity contribution in [3.05, 3.63) is 76.4 Å². The molecule has 3 rings (SSSR count). The number of hydrogen-bond donors (Lipinski definition) is 1. The summed E-state index contributed by atoms with van der Waals surface area (Å²) in [7, 11) is 0. The molecule has 0 saturated carbocycles. The molecule has 0 spiro atoms. The number of aromatic nitrogens is 1. The molecule has 0 unspecified atom stereocenters. The fourth-order valence-electron chi connectivity index (χ4n) is 2.39. The molecule has 1 N–H and O–H groups in total. The minimum atomic E-state index is -0.00173. The van der Waals surface area contributed by atoms with Crippen molar-refractivity contribution in [2.45, 2.75) is 13.0 Å². The third-order valence-corrected chi connectivity index (χ3v) is 3.94. The van der Waals surface area contributed by atoms with E-state index in [0.29, 0.717) is 13.0 Å². The van der Waals surface area contributed by atoms with Crippen LogP contribution in [0.3, 0.4) is 0 Å². The average Bonchev–Trinajstić information content (AvgIpc) is 2.53. The lowest BCUT2D eigenvalue weighted by molar-refractivity contribution is -0.120. The topological polar surface area (TPSA) is 42.0 Å². The van der Waals surface area contributed by atoms with Crippen LogP contribution in [0.1, 0.15) is 11.1 Å². The highest BCUT2D eigenvalue weighted by atomic mass is 79.9. The Bertz CT molecular complexity index is 812. The van der Waals surface area contributed by atoms with Gasteiger partial charge in [0.25, 0.3) is 0 Å². The summed E-state index contributed by atoms with van der Waals surface area (Å²) in [6.07, 6.45) is 2.09. The zero-order chi connectivity index (χ0) is 15.4. The quantitative estimate of drug-likeness (QED) is 0.772. The number of para-hydroxylation sites is 1. The summed E-state index contributed by atoms with van der Waals surface area (Å²) in [6, 6.07) is 17.7. The molecule has 0 aliphatic rings. The molecule has 1 heterocycles. The summed E-state index contributed by atoms with van der Waals surface area (Å²) in [4.78, 5) is 16.5. The predicted octanol–water partition coefficient (Wildman–Crippen LogP) is 3.86. The maximum Gasteiger partial charge on any atom is 0.224 e. The van der Waals surface area contributed by atoms with Crippen LogP contribution in [-0.4, -0.2) is 10.9 Å². The van der Waals surface area contributed by atoms with E-state index in [1.54, 1.807) is 6.20 Å². The minimum Gasteiger partial charge on any atom is -0.352 e. The van der Waals surface area contributed by atoms with E-state index in [1.165, 1.54) is 0 Å². The van der Waals surface area contributed by atoms with Crippen molar-refractivity contribution in [1.82, 2.24) is 10.3 Å². The zero-order valence-electron chi connectivity index (χ0n) is 11.9. The number of fused-ring (bicyclic) bond motifs is 1. The first kappa shape index (κ1) is 14.7. The van der Waals surface area contributed by atoms with Crippen molar-refractivity contribution < 1.29 is 4.79 Å². The Morgan fingerprint density at radius 1 is 1.09 bits per heavy atom. The van der Waals surface area contributed by atoms with Crippen molar-refractivity contribution in [1.29, 1.82) is 0 Å². The van der Waals surface area contributed by atoms with Crippen LogP contribution in [0.2, 0.25) is 0 Å². The van der Waals surface area contributed by atoms with Gasteiger partial charge in [-0.3, -0.25) is 9.78 Å². The van der Waals surface area contributed by atoms with Gasteiger partial charge in [-0.15, -0.1) is 0 Å². The number of carbonyl (C=O) groups is 1. The molecule has 0 saturated heterocycles. The maximum atomic E-state index is 12.2. The van der Waals surface area contributed by atoms with Gasteiger partial charge in [-0.2, -0.15) is 0 Å². The molecule has 2 aromatic carbocycles. The van der Waals surface area contributed by atoms with Crippen LogP contribution in [-0.2, 0) is 17.8 Å². The van der Waals surface area contributed by atoms with Crippen molar-refractivity contribution >= 4 is 32.7 Å². The average molecular weight is 355 g/mol. The van der Waals surface area contributed by atoms with Crippen molar-refractivity contribution in [3.8, 4) is 0 Å². The first-order valence-corrected chi connectivity index (χ1v) is 7.85. The van der Waals surface area contributed by atoms with Crippen LogP contribution in [0.15, 0.2) is 65.3 Å². The molecule has 0 aliphatic heterocycles. The lowest BCUT2D eigenvalue weighted by atomic mass is 10.1. The van der Waals surface area contributed by atoms with E-state index in [9.17, 15) is 4.79 Å². The Morgan fingerprint density at radius 2 is 1.91 bits per heavy atom. The number of carbonyl (C=O) groups excluding carboxylic acids is 1. The van der Waals surface area contributed by atoms with Gasteiger partial charge in [-0.1, -0.05) is 52.3 Å². The number of halogens is 1. The van der Waals surface area contributed by atoms with Gasteiger partial charge in [0.2, 0.25) is 5.91 Å². The van der Waals surface area contributed by atoms with Crippen LogP contribution >= 0.6 is 15.9 Å². The molecular weight excluding hydrogens is 340 g/mol. The Labute approximate surface area is 137 Å². The highest BCUT2D eigenvalue weighted by Crippen LogP contribution is 2.16. The van der Waals surface area contributed by atoms with E-state index >= 15 is 0 Å². The van der Waals surface area contributed by atoms with Gasteiger partial charge in [0.05, 0.1) is 11.9 Å². The zero-order valence-corrected chi connectivity index (χ0v) is 13.5. The number of pyridine rings is 1. The second-order valence-corrected chi connectivity index (χ2v) is 5.99. The number of benzene rings is 2. The highest BCUT2D eigenvalue weighted by Gasteiger charge is 2.07. The number of nitrogens with one attached hydrogen (secondary N) is 1. The van der Waals surface area contributed by atoms with Gasteiger partial charge in [0.1, 0.15) is 0 Å². The van der Waals surface area contributed by atoms with Crippen LogP contribution in [0.4, 0.5) is 0 Å². The molecule has 22 heavy (non-hydrogen) atoms. The minimum absolute atomic E-state index is 0.00173. The molecule has 3 aromatic rings. The SMILES string of the molecule is O=C(Cc1cccc2cccnc12)NCc1cccc(Br)c1. The summed E-state index contributed by atoms with van der Waals surface area (Å²) < 4.78 is 1.01. The molecule has 3 nitrogen and oxygen atoms in total. The van der Waals surface area contributed by atoms with E-state index in [1.807, 2.05) is 54.6 Å². The van der Waals surface area contributed by atoms with Gasteiger partial charge >= 0.3 is 0 Å². The van der Waals surface area contributed by atoms with Crippen LogP contribution < -0.4 is 5.32 Å². The fraction of sp³-hybridized carbons (Fsp3) is 0.111. The van der Waals surface area contributed by atoms with E-state index in [-0.39, 0.29) is 5.91 Å². The van der Waals surface area contributed by atoms with E-state index in [4.69, 9.17) is 0 Å². The highest BCUT2D eigenvalue weighted by molar-refractivity contribution is 9.10. The third kappa shape index (κ3) is 3.52. The standard InChI is InChI=1S/C18H15BrN2O/c19-16-8-1-4-13(10-16)12-21-17(22)11-15-6-2-5-14-7-3-9-20-18(14)15/h1-10H,11-12H2,(H,21,22). The van der Waals surface area contributed by atoms with Gasteiger partial charge in [0.15, 0.2) is 0 Å². The van der Waals surface area contributed by atoms with Gasteiger partial charge in [-0.25, -0.2) is 0 Å². The Kier molecular flexibility index (Phi) is 4.49. The molecule has 1 amide bonds. The lowest BCUT2D eigenvalue weighted by Crippen LogP contribution is -2.24. The van der Waals surface area contributed by atoms with Crippen LogP contribution in [0, 0.1) is 0 Å². The predicted molar refractivity (Wildman–Crippen MR) is 91.4 cm³/mol. The largest absolute Gasteiger partial charge is 0.352 e. The molecule has 0 aliphatic carbocycles. The van der Waals surface area contributed by atoms with Crippen molar-refractivity contribution in [2.24, 2.45) is 0 Å². The smallest absolute Gasteiger partial charge is 0.224 e. The number of nitrogens with zero attached hydrogens (tertiary/aromatic N) is 1. The van der Waals surface area contributed by atoms with Crippen LogP contribution in [0.5, 0.6) is 0 Å². The number of hydrogen-bond acceptors (Lipinski definition) is 2. The molecule has 0 atom stereocenters. The molecule has 0 fully saturated rings. The normalized spacial score (nSPS) is 10.6. The lowest BCUT2D eigenvalue weighted by Gasteiger charge is -2.08. The maximum absolute atomic E-state index is 12.2. The van der Waals surface area contributed by atoms with Crippen molar-refractivity contribution in [2.75, 3.05) is 0 Å². The first-order chi connectivity index (χ1) is 10.7. The van der Waals surface area contributed by atoms with E-state index < -0.39 is 0 Å². The van der Waals surface area contributed by atoms with E-state index in [0.717, 1.165) is 26.5 Å². The monoisotopic (exact) mass is 354 g/mol. The van der Waals surface area contributed by atoms with Gasteiger partial charge < -0.3 is 5.32 Å². The summed E-state index contributed by atoms with van der Waals surface area (Å²) >= 11 is 3.43. The Balaban J connectivity index is 1.68. The molecule has 4 heteroatoms. The van der Waals surface area contributed by atoms with E-state index in [2.05, 4.69) is 26.2 Å².